The number of para-hydroxylation sites is 1. The number of hydrogen-bond acceptors (Lipinski definition) is 1. The molecule has 4 heteroatoms. The van der Waals surface area contributed by atoms with E-state index in [9.17, 15) is 4.79 Å². The molecule has 0 unspecified atom stereocenters. The van der Waals surface area contributed by atoms with E-state index in [2.05, 4.69) is 0 Å². The van der Waals surface area contributed by atoms with Crippen LogP contribution >= 0.6 is 11.6 Å². The molecular formula is C10H8ClNO2. The second-order valence-corrected chi connectivity index (χ2v) is 3.49. The number of aryl methyl sites for hydroxylation is 1. The maximum Gasteiger partial charge on any atom is 0.416 e. The van der Waals surface area contributed by atoms with E-state index in [4.69, 9.17) is 16.7 Å². The van der Waals surface area contributed by atoms with E-state index in [0.29, 0.717) is 16.2 Å². The van der Waals surface area contributed by atoms with Crippen LogP contribution in [0.3, 0.4) is 0 Å². The second kappa shape index (κ2) is 3.03. The minimum absolute atomic E-state index is 0.456. The summed E-state index contributed by atoms with van der Waals surface area (Å²) in [7, 11) is 0. The summed E-state index contributed by atoms with van der Waals surface area (Å²) in [5.74, 6) is 0. The third-order valence-electron chi connectivity index (χ3n) is 2.15. The van der Waals surface area contributed by atoms with Crippen LogP contribution in [0, 0.1) is 6.92 Å². The molecule has 1 heterocycles. The van der Waals surface area contributed by atoms with Crippen molar-refractivity contribution in [3.8, 4) is 0 Å². The van der Waals surface area contributed by atoms with E-state index in [1.165, 1.54) is 4.57 Å². The van der Waals surface area contributed by atoms with E-state index in [1.54, 1.807) is 25.1 Å². The number of fused-ring (bicyclic) bond motifs is 1. The van der Waals surface area contributed by atoms with Crippen molar-refractivity contribution in [3.63, 3.8) is 0 Å². The highest BCUT2D eigenvalue weighted by Crippen LogP contribution is 2.26. The first kappa shape index (κ1) is 9.09. The quantitative estimate of drug-likeness (QED) is 0.724. The molecule has 0 amide bonds. The number of benzene rings is 1. The van der Waals surface area contributed by atoms with Gasteiger partial charge in [0.2, 0.25) is 0 Å². The number of hydrogen-bond donors (Lipinski definition) is 1. The van der Waals surface area contributed by atoms with Crippen molar-refractivity contribution in [3.05, 3.63) is 35.0 Å². The van der Waals surface area contributed by atoms with Gasteiger partial charge in [0, 0.05) is 11.1 Å². The van der Waals surface area contributed by atoms with Crippen molar-refractivity contribution in [1.29, 1.82) is 0 Å². The molecule has 3 nitrogen and oxygen atoms in total. The topological polar surface area (TPSA) is 42.2 Å². The summed E-state index contributed by atoms with van der Waals surface area (Å²) in [4.78, 5) is 11.0. The molecule has 2 aromatic rings. The highest BCUT2D eigenvalue weighted by molar-refractivity contribution is 6.35. The molecule has 0 radical (unpaired) electrons. The van der Waals surface area contributed by atoms with Gasteiger partial charge < -0.3 is 5.11 Å². The van der Waals surface area contributed by atoms with Gasteiger partial charge in [0.05, 0.1) is 10.5 Å². The molecule has 0 fully saturated rings. The highest BCUT2D eigenvalue weighted by Gasteiger charge is 2.12. The van der Waals surface area contributed by atoms with Gasteiger partial charge in [-0.2, -0.15) is 0 Å². The van der Waals surface area contributed by atoms with Crippen molar-refractivity contribution in [1.82, 2.24) is 4.57 Å². The van der Waals surface area contributed by atoms with E-state index in [0.717, 1.165) is 5.39 Å². The Morgan fingerprint density at radius 1 is 1.50 bits per heavy atom. The van der Waals surface area contributed by atoms with Gasteiger partial charge in [-0.1, -0.05) is 23.7 Å². The summed E-state index contributed by atoms with van der Waals surface area (Å²) < 4.78 is 1.19. The summed E-state index contributed by atoms with van der Waals surface area (Å²) >= 11 is 5.94. The lowest BCUT2D eigenvalue weighted by Gasteiger charge is -2.01. The fourth-order valence-electron chi connectivity index (χ4n) is 1.60. The van der Waals surface area contributed by atoms with Crippen LogP contribution in [0.4, 0.5) is 4.79 Å². The standard InChI is InChI=1S/C10H8ClNO2/c1-6-5-7-3-2-4-8(11)9(7)12(6)10(13)14/h2-5H,1H3,(H,13,14). The third-order valence-corrected chi connectivity index (χ3v) is 2.45. The van der Waals surface area contributed by atoms with E-state index >= 15 is 0 Å². The first-order valence-corrected chi connectivity index (χ1v) is 4.49. The summed E-state index contributed by atoms with van der Waals surface area (Å²) in [6, 6.07) is 7.13. The second-order valence-electron chi connectivity index (χ2n) is 3.08. The number of nitrogens with zero attached hydrogens (tertiary/aromatic N) is 1. The van der Waals surface area contributed by atoms with Crippen LogP contribution in [0.2, 0.25) is 5.02 Å². The molecule has 72 valence electrons. The summed E-state index contributed by atoms with van der Waals surface area (Å²) in [6.45, 7) is 1.74. The number of rotatable bonds is 0. The Balaban J connectivity index is 2.93. The van der Waals surface area contributed by atoms with Gasteiger partial charge >= 0.3 is 6.09 Å². The first-order valence-electron chi connectivity index (χ1n) is 4.11. The fraction of sp³-hybridized carbons (Fsp3) is 0.100. The summed E-state index contributed by atoms with van der Waals surface area (Å²) in [5.41, 5.74) is 1.22. The van der Waals surface area contributed by atoms with Gasteiger partial charge in [0.1, 0.15) is 0 Å². The minimum atomic E-state index is -1.01. The lowest BCUT2D eigenvalue weighted by Crippen LogP contribution is -2.09. The zero-order valence-electron chi connectivity index (χ0n) is 7.49. The Kier molecular flexibility index (Phi) is 1.97. The van der Waals surface area contributed by atoms with E-state index in [-0.39, 0.29) is 0 Å². The van der Waals surface area contributed by atoms with Crippen LogP contribution < -0.4 is 0 Å². The van der Waals surface area contributed by atoms with Gasteiger partial charge in [0.15, 0.2) is 0 Å². The molecule has 0 spiro atoms. The van der Waals surface area contributed by atoms with Crippen LogP contribution in [-0.4, -0.2) is 15.8 Å². The average molecular weight is 210 g/mol. The predicted octanol–water partition coefficient (Wildman–Crippen LogP) is 3.13. The van der Waals surface area contributed by atoms with Crippen molar-refractivity contribution in [2.45, 2.75) is 6.92 Å². The Bertz CT molecular complexity index is 516. The third kappa shape index (κ3) is 1.17. The first-order chi connectivity index (χ1) is 6.61. The van der Waals surface area contributed by atoms with Crippen molar-refractivity contribution in [2.75, 3.05) is 0 Å². The Morgan fingerprint density at radius 2 is 2.21 bits per heavy atom. The SMILES string of the molecule is Cc1cc2cccc(Cl)c2n1C(=O)O. The highest BCUT2D eigenvalue weighted by atomic mass is 35.5. The van der Waals surface area contributed by atoms with Gasteiger partial charge in [-0.15, -0.1) is 0 Å². The van der Waals surface area contributed by atoms with Gasteiger partial charge in [0.25, 0.3) is 0 Å². The molecule has 0 saturated heterocycles. The molecule has 2 rings (SSSR count). The molecule has 0 saturated carbocycles. The van der Waals surface area contributed by atoms with Gasteiger partial charge in [-0.25, -0.2) is 9.36 Å². The number of halogens is 1. The number of carboxylic acid groups (broad SMARTS) is 1. The molecule has 1 aromatic heterocycles. The summed E-state index contributed by atoms with van der Waals surface area (Å²) in [6.07, 6.45) is -1.01. The zero-order chi connectivity index (χ0) is 10.3. The fourth-order valence-corrected chi connectivity index (χ4v) is 1.86. The molecule has 0 aliphatic rings. The van der Waals surface area contributed by atoms with Crippen LogP contribution in [0.25, 0.3) is 10.9 Å². The Labute approximate surface area is 85.5 Å². The summed E-state index contributed by atoms with van der Waals surface area (Å²) in [5, 5.41) is 10.3. The molecule has 0 bridgehead atoms. The molecule has 0 atom stereocenters. The normalized spacial score (nSPS) is 10.7. The number of aromatic nitrogens is 1. The molecule has 0 aliphatic carbocycles. The molecule has 1 aromatic carbocycles. The van der Waals surface area contributed by atoms with E-state index < -0.39 is 6.09 Å². The Hall–Kier alpha value is -1.48. The van der Waals surface area contributed by atoms with Crippen molar-refractivity contribution < 1.29 is 9.90 Å². The maximum atomic E-state index is 11.0. The molecule has 1 N–H and O–H groups in total. The van der Waals surface area contributed by atoms with Crippen LogP contribution in [0.15, 0.2) is 24.3 Å². The van der Waals surface area contributed by atoms with Gasteiger partial charge in [-0.05, 0) is 19.1 Å². The average Bonchev–Trinajstić information content (AvgIpc) is 2.42. The van der Waals surface area contributed by atoms with Crippen LogP contribution in [0.5, 0.6) is 0 Å². The molecule has 14 heavy (non-hydrogen) atoms. The number of carbonyl (C=O) groups is 1. The Morgan fingerprint density at radius 3 is 2.86 bits per heavy atom. The van der Waals surface area contributed by atoms with Crippen molar-refractivity contribution in [2.24, 2.45) is 0 Å². The zero-order valence-corrected chi connectivity index (χ0v) is 8.25. The van der Waals surface area contributed by atoms with Crippen molar-refractivity contribution >= 4 is 28.6 Å². The lowest BCUT2D eigenvalue weighted by molar-refractivity contribution is 0.197. The van der Waals surface area contributed by atoms with Gasteiger partial charge in [-0.3, -0.25) is 0 Å². The predicted molar refractivity (Wildman–Crippen MR) is 55.1 cm³/mol. The smallest absolute Gasteiger partial charge is 0.416 e. The van der Waals surface area contributed by atoms with Crippen LogP contribution in [-0.2, 0) is 0 Å². The van der Waals surface area contributed by atoms with Crippen LogP contribution in [0.1, 0.15) is 5.69 Å². The molecular weight excluding hydrogens is 202 g/mol. The largest absolute Gasteiger partial charge is 0.464 e. The minimum Gasteiger partial charge on any atom is -0.464 e. The monoisotopic (exact) mass is 209 g/mol. The van der Waals surface area contributed by atoms with E-state index in [1.807, 2.05) is 6.07 Å². The maximum absolute atomic E-state index is 11.0. The lowest BCUT2D eigenvalue weighted by atomic mass is 10.2. The molecule has 0 aliphatic heterocycles.